The standard InChI is InChI=1S/C10H14N2O3/c1-10(2,3)15-9(13)12-4-7-6-14-11-8(7)5-12/h6H,4-5H2,1-3H3. The third-order valence-electron chi connectivity index (χ3n) is 2.08. The van der Waals surface area contributed by atoms with Crippen molar-refractivity contribution in [3.05, 3.63) is 17.5 Å². The Balaban J connectivity index is 1.98. The molecule has 1 aliphatic rings. The minimum absolute atomic E-state index is 0.305. The quantitative estimate of drug-likeness (QED) is 0.656. The van der Waals surface area contributed by atoms with Crippen LogP contribution >= 0.6 is 0 Å². The number of hydrogen-bond acceptors (Lipinski definition) is 4. The molecular formula is C10H14N2O3. The maximum absolute atomic E-state index is 11.7. The molecule has 2 heterocycles. The second kappa shape index (κ2) is 3.25. The zero-order chi connectivity index (χ0) is 11.1. The van der Waals surface area contributed by atoms with Crippen LogP contribution in [0.25, 0.3) is 0 Å². The highest BCUT2D eigenvalue weighted by Gasteiger charge is 2.29. The number of carbonyl (C=O) groups excluding carboxylic acids is 1. The van der Waals surface area contributed by atoms with Gasteiger partial charge in [-0.1, -0.05) is 5.16 Å². The van der Waals surface area contributed by atoms with Gasteiger partial charge in [0.1, 0.15) is 17.6 Å². The molecule has 2 rings (SSSR count). The largest absolute Gasteiger partial charge is 0.444 e. The van der Waals surface area contributed by atoms with Crippen molar-refractivity contribution in [1.29, 1.82) is 0 Å². The molecule has 1 aromatic heterocycles. The van der Waals surface area contributed by atoms with Crippen LogP contribution in [0.2, 0.25) is 0 Å². The van der Waals surface area contributed by atoms with Crippen molar-refractivity contribution >= 4 is 6.09 Å². The van der Waals surface area contributed by atoms with E-state index >= 15 is 0 Å². The Labute approximate surface area is 88.0 Å². The van der Waals surface area contributed by atoms with Gasteiger partial charge >= 0.3 is 6.09 Å². The topological polar surface area (TPSA) is 55.6 Å². The molecule has 0 saturated heterocycles. The van der Waals surface area contributed by atoms with Crippen LogP contribution in [0, 0.1) is 0 Å². The number of hydrogen-bond donors (Lipinski definition) is 0. The second-order valence-corrected chi connectivity index (χ2v) is 4.62. The average molecular weight is 210 g/mol. The maximum atomic E-state index is 11.7. The maximum Gasteiger partial charge on any atom is 0.410 e. The predicted molar refractivity (Wildman–Crippen MR) is 52.0 cm³/mol. The molecular weight excluding hydrogens is 196 g/mol. The fourth-order valence-electron chi connectivity index (χ4n) is 1.44. The van der Waals surface area contributed by atoms with Crippen molar-refractivity contribution in [3.8, 4) is 0 Å². The number of aromatic nitrogens is 1. The van der Waals surface area contributed by atoms with Crippen LogP contribution in [-0.4, -0.2) is 21.8 Å². The predicted octanol–water partition coefficient (Wildman–Crippen LogP) is 1.93. The van der Waals surface area contributed by atoms with Crippen molar-refractivity contribution < 1.29 is 14.1 Å². The van der Waals surface area contributed by atoms with Crippen LogP contribution < -0.4 is 0 Å². The molecule has 1 amide bonds. The summed E-state index contributed by atoms with van der Waals surface area (Å²) in [5.41, 5.74) is 1.32. The third kappa shape index (κ3) is 2.11. The Kier molecular flexibility index (Phi) is 2.17. The molecule has 5 heteroatoms. The Morgan fingerprint density at radius 3 is 2.87 bits per heavy atom. The Bertz CT molecular complexity index is 358. The van der Waals surface area contributed by atoms with Gasteiger partial charge in [-0.3, -0.25) is 4.90 Å². The molecule has 0 radical (unpaired) electrons. The van der Waals surface area contributed by atoms with E-state index in [9.17, 15) is 4.79 Å². The summed E-state index contributed by atoms with van der Waals surface area (Å²) in [6, 6.07) is 0. The fraction of sp³-hybridized carbons (Fsp3) is 0.600. The SMILES string of the molecule is CC(C)(C)OC(=O)N1Cc2conc2C1. The highest BCUT2D eigenvalue weighted by Crippen LogP contribution is 2.23. The number of amides is 1. The van der Waals surface area contributed by atoms with E-state index in [1.807, 2.05) is 20.8 Å². The highest BCUT2D eigenvalue weighted by atomic mass is 16.6. The Morgan fingerprint density at radius 1 is 1.53 bits per heavy atom. The summed E-state index contributed by atoms with van der Waals surface area (Å²) in [7, 11) is 0. The van der Waals surface area contributed by atoms with Gasteiger partial charge in [-0.15, -0.1) is 0 Å². The molecule has 5 nitrogen and oxygen atoms in total. The van der Waals surface area contributed by atoms with E-state index in [2.05, 4.69) is 5.16 Å². The molecule has 1 aromatic rings. The molecule has 1 aliphatic heterocycles. The molecule has 82 valence electrons. The first kappa shape index (κ1) is 10.0. The molecule has 0 spiro atoms. The summed E-state index contributed by atoms with van der Waals surface area (Å²) in [6.45, 7) is 6.54. The molecule has 0 saturated carbocycles. The van der Waals surface area contributed by atoms with E-state index in [0.717, 1.165) is 11.3 Å². The zero-order valence-corrected chi connectivity index (χ0v) is 9.11. The number of carbonyl (C=O) groups is 1. The first-order valence-corrected chi connectivity index (χ1v) is 4.86. The van der Waals surface area contributed by atoms with Crippen LogP contribution in [0.4, 0.5) is 4.79 Å². The van der Waals surface area contributed by atoms with Gasteiger partial charge in [-0.05, 0) is 20.8 Å². The lowest BCUT2D eigenvalue weighted by Gasteiger charge is -2.23. The summed E-state index contributed by atoms with van der Waals surface area (Å²) in [5.74, 6) is 0. The van der Waals surface area contributed by atoms with Crippen molar-refractivity contribution in [3.63, 3.8) is 0 Å². The van der Waals surface area contributed by atoms with Crippen LogP contribution in [0.1, 0.15) is 32.0 Å². The molecule has 0 atom stereocenters. The zero-order valence-electron chi connectivity index (χ0n) is 9.11. The van der Waals surface area contributed by atoms with E-state index in [4.69, 9.17) is 9.26 Å². The lowest BCUT2D eigenvalue weighted by atomic mass is 10.2. The Morgan fingerprint density at radius 2 is 2.27 bits per heavy atom. The van der Waals surface area contributed by atoms with Gasteiger partial charge in [0.2, 0.25) is 0 Å². The van der Waals surface area contributed by atoms with Crippen molar-refractivity contribution in [2.45, 2.75) is 39.5 Å². The van der Waals surface area contributed by atoms with Crippen LogP contribution in [0.15, 0.2) is 10.8 Å². The monoisotopic (exact) mass is 210 g/mol. The minimum Gasteiger partial charge on any atom is -0.444 e. The van der Waals surface area contributed by atoms with E-state index in [1.54, 1.807) is 11.2 Å². The van der Waals surface area contributed by atoms with Crippen molar-refractivity contribution in [2.24, 2.45) is 0 Å². The summed E-state index contributed by atoms with van der Waals surface area (Å²) in [5, 5.41) is 3.80. The number of nitrogens with zero attached hydrogens (tertiary/aromatic N) is 2. The average Bonchev–Trinajstić information content (AvgIpc) is 2.56. The van der Waals surface area contributed by atoms with Gasteiger partial charge < -0.3 is 9.26 Å². The Hall–Kier alpha value is -1.52. The van der Waals surface area contributed by atoms with Gasteiger partial charge in [-0.25, -0.2) is 4.79 Å². The molecule has 15 heavy (non-hydrogen) atoms. The van der Waals surface area contributed by atoms with Gasteiger partial charge in [0.15, 0.2) is 0 Å². The van der Waals surface area contributed by atoms with Crippen molar-refractivity contribution in [2.75, 3.05) is 0 Å². The molecule has 0 N–H and O–H groups in total. The molecule has 0 aliphatic carbocycles. The normalized spacial score (nSPS) is 15.3. The summed E-state index contributed by atoms with van der Waals surface area (Å²) < 4.78 is 10.0. The van der Waals surface area contributed by atoms with Gasteiger partial charge in [0, 0.05) is 5.56 Å². The van der Waals surface area contributed by atoms with Crippen LogP contribution in [0.3, 0.4) is 0 Å². The first-order valence-electron chi connectivity index (χ1n) is 4.86. The fourth-order valence-corrected chi connectivity index (χ4v) is 1.44. The smallest absolute Gasteiger partial charge is 0.410 e. The lowest BCUT2D eigenvalue weighted by molar-refractivity contribution is 0.0237. The minimum atomic E-state index is -0.457. The van der Waals surface area contributed by atoms with E-state index in [1.165, 1.54) is 0 Å². The van der Waals surface area contributed by atoms with E-state index < -0.39 is 5.60 Å². The van der Waals surface area contributed by atoms with Gasteiger partial charge in [-0.2, -0.15) is 0 Å². The molecule has 0 aromatic carbocycles. The van der Waals surface area contributed by atoms with Gasteiger partial charge in [0.25, 0.3) is 0 Å². The number of ether oxygens (including phenoxy) is 1. The van der Waals surface area contributed by atoms with Crippen molar-refractivity contribution in [1.82, 2.24) is 10.1 Å². The van der Waals surface area contributed by atoms with E-state index in [0.29, 0.717) is 13.1 Å². The summed E-state index contributed by atoms with van der Waals surface area (Å²) in [4.78, 5) is 13.3. The first-order chi connectivity index (χ1) is 6.96. The van der Waals surface area contributed by atoms with Crippen LogP contribution in [-0.2, 0) is 17.8 Å². The molecule has 0 bridgehead atoms. The summed E-state index contributed by atoms with van der Waals surface area (Å²) >= 11 is 0. The molecule has 0 fully saturated rings. The highest BCUT2D eigenvalue weighted by molar-refractivity contribution is 5.69. The summed E-state index contributed by atoms with van der Waals surface area (Å²) in [6.07, 6.45) is 1.26. The third-order valence-corrected chi connectivity index (χ3v) is 2.08. The number of rotatable bonds is 0. The second-order valence-electron chi connectivity index (χ2n) is 4.62. The van der Waals surface area contributed by atoms with Crippen LogP contribution in [0.5, 0.6) is 0 Å². The number of fused-ring (bicyclic) bond motifs is 1. The van der Waals surface area contributed by atoms with Gasteiger partial charge in [0.05, 0.1) is 13.1 Å². The lowest BCUT2D eigenvalue weighted by Crippen LogP contribution is -2.33. The van der Waals surface area contributed by atoms with E-state index in [-0.39, 0.29) is 6.09 Å². The molecule has 0 unspecified atom stereocenters.